The lowest BCUT2D eigenvalue weighted by molar-refractivity contribution is -0.133. The number of hydrogen-bond acceptors (Lipinski definition) is 2. The SMILES string of the molecule is CCCCC(=O)N(C)CC(=O)Nc1c(Cl)cccc1Cl. The van der Waals surface area contributed by atoms with E-state index in [1.807, 2.05) is 6.92 Å². The highest BCUT2D eigenvalue weighted by Gasteiger charge is 2.14. The van der Waals surface area contributed by atoms with Crippen molar-refractivity contribution in [3.8, 4) is 0 Å². The zero-order valence-electron chi connectivity index (χ0n) is 11.6. The quantitative estimate of drug-likeness (QED) is 0.872. The highest BCUT2D eigenvalue weighted by atomic mass is 35.5. The molecule has 0 heterocycles. The largest absolute Gasteiger partial charge is 0.336 e. The molecule has 0 unspecified atom stereocenters. The van der Waals surface area contributed by atoms with Gasteiger partial charge < -0.3 is 10.2 Å². The molecule has 4 nitrogen and oxygen atoms in total. The van der Waals surface area contributed by atoms with E-state index in [1.165, 1.54) is 4.90 Å². The van der Waals surface area contributed by atoms with Crippen molar-refractivity contribution in [3.63, 3.8) is 0 Å². The van der Waals surface area contributed by atoms with E-state index in [4.69, 9.17) is 23.2 Å². The van der Waals surface area contributed by atoms with Crippen LogP contribution < -0.4 is 5.32 Å². The van der Waals surface area contributed by atoms with Crippen LogP contribution in [0.5, 0.6) is 0 Å². The first-order valence-electron chi connectivity index (χ1n) is 6.43. The molecule has 1 aromatic carbocycles. The van der Waals surface area contributed by atoms with Crippen LogP contribution in [-0.4, -0.2) is 30.3 Å². The second-order valence-electron chi connectivity index (χ2n) is 4.50. The van der Waals surface area contributed by atoms with E-state index >= 15 is 0 Å². The van der Waals surface area contributed by atoms with Crippen LogP contribution in [0.2, 0.25) is 10.0 Å². The van der Waals surface area contributed by atoms with Crippen molar-refractivity contribution in [2.45, 2.75) is 26.2 Å². The summed E-state index contributed by atoms with van der Waals surface area (Å²) >= 11 is 11.9. The first-order chi connectivity index (χ1) is 9.45. The number of carbonyl (C=O) groups is 2. The molecule has 110 valence electrons. The number of amides is 2. The number of benzene rings is 1. The van der Waals surface area contributed by atoms with Crippen LogP contribution in [-0.2, 0) is 9.59 Å². The van der Waals surface area contributed by atoms with Gasteiger partial charge >= 0.3 is 0 Å². The minimum Gasteiger partial charge on any atom is -0.336 e. The number of unbranched alkanes of at least 4 members (excludes halogenated alkanes) is 1. The van der Waals surface area contributed by atoms with E-state index in [1.54, 1.807) is 25.2 Å². The summed E-state index contributed by atoms with van der Waals surface area (Å²) in [6.45, 7) is 1.99. The number of anilines is 1. The van der Waals surface area contributed by atoms with E-state index in [0.717, 1.165) is 12.8 Å². The molecule has 1 aromatic rings. The highest BCUT2D eigenvalue weighted by Crippen LogP contribution is 2.29. The van der Waals surface area contributed by atoms with E-state index in [-0.39, 0.29) is 18.4 Å². The van der Waals surface area contributed by atoms with E-state index in [0.29, 0.717) is 22.2 Å². The van der Waals surface area contributed by atoms with Gasteiger partial charge in [-0.1, -0.05) is 42.6 Å². The Bertz CT molecular complexity index is 472. The normalized spacial score (nSPS) is 10.2. The summed E-state index contributed by atoms with van der Waals surface area (Å²) in [7, 11) is 1.60. The van der Waals surface area contributed by atoms with Crippen molar-refractivity contribution in [1.29, 1.82) is 0 Å². The molecule has 20 heavy (non-hydrogen) atoms. The molecule has 0 fully saturated rings. The van der Waals surface area contributed by atoms with Gasteiger partial charge in [-0.25, -0.2) is 0 Å². The Kier molecular flexibility index (Phi) is 6.82. The minimum atomic E-state index is -0.327. The third-order valence-corrected chi connectivity index (χ3v) is 3.41. The Hall–Kier alpha value is -1.26. The summed E-state index contributed by atoms with van der Waals surface area (Å²) in [6.07, 6.45) is 2.22. The number of nitrogens with one attached hydrogen (secondary N) is 1. The average molecular weight is 317 g/mol. The molecular formula is C14H18Cl2N2O2. The van der Waals surface area contributed by atoms with Gasteiger partial charge in [-0.3, -0.25) is 9.59 Å². The predicted molar refractivity (Wildman–Crippen MR) is 82.3 cm³/mol. The lowest BCUT2D eigenvalue weighted by Crippen LogP contribution is -2.34. The van der Waals surface area contributed by atoms with Crippen molar-refractivity contribution in [1.82, 2.24) is 4.90 Å². The topological polar surface area (TPSA) is 49.4 Å². The van der Waals surface area contributed by atoms with Gasteiger partial charge in [0, 0.05) is 13.5 Å². The first-order valence-corrected chi connectivity index (χ1v) is 7.19. The molecular weight excluding hydrogens is 299 g/mol. The Morgan fingerprint density at radius 2 is 1.85 bits per heavy atom. The summed E-state index contributed by atoms with van der Waals surface area (Å²) in [5.74, 6) is -0.375. The smallest absolute Gasteiger partial charge is 0.244 e. The fourth-order valence-corrected chi connectivity index (χ4v) is 2.11. The first kappa shape index (κ1) is 16.8. The molecule has 0 bridgehead atoms. The molecule has 0 aliphatic carbocycles. The highest BCUT2D eigenvalue weighted by molar-refractivity contribution is 6.39. The maximum absolute atomic E-state index is 11.9. The van der Waals surface area contributed by atoms with Crippen molar-refractivity contribution < 1.29 is 9.59 Å². The molecule has 6 heteroatoms. The maximum Gasteiger partial charge on any atom is 0.244 e. The van der Waals surface area contributed by atoms with Crippen LogP contribution in [0.25, 0.3) is 0 Å². The average Bonchev–Trinajstić information content (AvgIpc) is 2.40. The second kappa shape index (κ2) is 8.12. The van der Waals surface area contributed by atoms with Crippen molar-refractivity contribution in [2.75, 3.05) is 18.9 Å². The van der Waals surface area contributed by atoms with Gasteiger partial charge in [0.15, 0.2) is 0 Å². The number of carbonyl (C=O) groups excluding carboxylic acids is 2. The van der Waals surface area contributed by atoms with Gasteiger partial charge in [0.2, 0.25) is 11.8 Å². The Morgan fingerprint density at radius 3 is 2.40 bits per heavy atom. The molecule has 2 amide bonds. The lowest BCUT2D eigenvalue weighted by atomic mass is 10.2. The molecule has 0 aliphatic rings. The maximum atomic E-state index is 11.9. The Labute approximate surface area is 129 Å². The van der Waals surface area contributed by atoms with Crippen LogP contribution in [0.4, 0.5) is 5.69 Å². The fourth-order valence-electron chi connectivity index (χ4n) is 1.62. The Morgan fingerprint density at radius 1 is 1.25 bits per heavy atom. The molecule has 0 spiro atoms. The Balaban J connectivity index is 2.57. The second-order valence-corrected chi connectivity index (χ2v) is 5.31. The predicted octanol–water partition coefficient (Wildman–Crippen LogP) is 3.58. The zero-order chi connectivity index (χ0) is 15.1. The zero-order valence-corrected chi connectivity index (χ0v) is 13.1. The number of rotatable bonds is 6. The molecule has 0 aromatic heterocycles. The van der Waals surface area contributed by atoms with Crippen molar-refractivity contribution in [3.05, 3.63) is 28.2 Å². The number of nitrogens with zero attached hydrogens (tertiary/aromatic N) is 1. The summed E-state index contributed by atoms with van der Waals surface area (Å²) in [6, 6.07) is 4.97. The number of halogens is 2. The summed E-state index contributed by atoms with van der Waals surface area (Å²) in [4.78, 5) is 25.0. The van der Waals surface area contributed by atoms with Gasteiger partial charge in [0.05, 0.1) is 22.3 Å². The number of para-hydroxylation sites is 1. The van der Waals surface area contributed by atoms with Crippen LogP contribution in [0.1, 0.15) is 26.2 Å². The monoisotopic (exact) mass is 316 g/mol. The molecule has 1 N–H and O–H groups in total. The van der Waals surface area contributed by atoms with Gasteiger partial charge in [0.1, 0.15) is 0 Å². The van der Waals surface area contributed by atoms with Crippen molar-refractivity contribution >= 4 is 40.7 Å². The minimum absolute atomic E-state index is 0.0237. The molecule has 1 rings (SSSR count). The van der Waals surface area contributed by atoms with Gasteiger partial charge in [-0.2, -0.15) is 0 Å². The van der Waals surface area contributed by atoms with E-state index in [9.17, 15) is 9.59 Å². The molecule has 0 saturated carbocycles. The number of likely N-dealkylation sites (N-methyl/N-ethyl adjacent to an activating group) is 1. The van der Waals surface area contributed by atoms with Gasteiger partial charge in [-0.15, -0.1) is 0 Å². The van der Waals surface area contributed by atoms with E-state index in [2.05, 4.69) is 5.32 Å². The molecule has 0 aliphatic heterocycles. The fraction of sp³-hybridized carbons (Fsp3) is 0.429. The molecule has 0 radical (unpaired) electrons. The molecule has 0 atom stereocenters. The number of hydrogen-bond donors (Lipinski definition) is 1. The van der Waals surface area contributed by atoms with Crippen LogP contribution in [0, 0.1) is 0 Å². The third kappa shape index (κ3) is 5.02. The van der Waals surface area contributed by atoms with Crippen LogP contribution >= 0.6 is 23.2 Å². The summed E-state index contributed by atoms with van der Waals surface area (Å²) in [5, 5.41) is 3.36. The van der Waals surface area contributed by atoms with Gasteiger partial charge in [-0.05, 0) is 18.6 Å². The third-order valence-electron chi connectivity index (χ3n) is 2.78. The molecule has 0 saturated heterocycles. The standard InChI is InChI=1S/C14H18Cl2N2O2/c1-3-4-8-13(20)18(2)9-12(19)17-14-10(15)6-5-7-11(14)16/h5-7H,3-4,8-9H2,1-2H3,(H,17,19). The van der Waals surface area contributed by atoms with Gasteiger partial charge in [0.25, 0.3) is 0 Å². The van der Waals surface area contributed by atoms with Crippen LogP contribution in [0.15, 0.2) is 18.2 Å². The summed E-state index contributed by atoms with van der Waals surface area (Å²) < 4.78 is 0. The van der Waals surface area contributed by atoms with E-state index < -0.39 is 0 Å². The van der Waals surface area contributed by atoms with Crippen LogP contribution in [0.3, 0.4) is 0 Å². The summed E-state index contributed by atoms with van der Waals surface area (Å²) in [5.41, 5.74) is 0.371. The van der Waals surface area contributed by atoms with Crippen molar-refractivity contribution in [2.24, 2.45) is 0 Å². The lowest BCUT2D eigenvalue weighted by Gasteiger charge is -2.17.